The molecule has 9 heteroatoms. The molecule has 8 nitrogen and oxygen atoms in total. The average molecular weight is 472 g/mol. The Morgan fingerprint density at radius 3 is 2.45 bits per heavy atom. The molecule has 1 aliphatic heterocycles. The summed E-state index contributed by atoms with van der Waals surface area (Å²) in [6.45, 7) is 7.56. The number of carbonyl (C=O) groups is 2. The highest BCUT2D eigenvalue weighted by Crippen LogP contribution is 2.31. The first-order valence-electron chi connectivity index (χ1n) is 10.6. The summed E-state index contributed by atoms with van der Waals surface area (Å²) in [4.78, 5) is 28.5. The van der Waals surface area contributed by atoms with E-state index in [2.05, 4.69) is 4.57 Å². The van der Waals surface area contributed by atoms with Crippen LogP contribution in [0, 0.1) is 13.8 Å². The van der Waals surface area contributed by atoms with Crippen molar-refractivity contribution in [2.45, 2.75) is 27.3 Å². The molecule has 0 saturated carbocycles. The number of rotatable bonds is 9. The van der Waals surface area contributed by atoms with Gasteiger partial charge >= 0.3 is 5.97 Å². The summed E-state index contributed by atoms with van der Waals surface area (Å²) in [6.07, 6.45) is 1.78. The summed E-state index contributed by atoms with van der Waals surface area (Å²) in [6, 6.07) is 9.11. The fourth-order valence-corrected chi connectivity index (χ4v) is 4.11. The molecule has 1 aliphatic rings. The molecular weight excluding hydrogens is 442 g/mol. The second-order valence-electron chi connectivity index (χ2n) is 7.51. The van der Waals surface area contributed by atoms with Gasteiger partial charge in [-0.1, -0.05) is 0 Å². The van der Waals surface area contributed by atoms with Crippen molar-refractivity contribution in [2.24, 2.45) is 0 Å². The van der Waals surface area contributed by atoms with Crippen LogP contribution in [0.15, 0.2) is 36.0 Å². The number of aromatic nitrogens is 1. The number of hydrogen-bond acceptors (Lipinski definition) is 6. The van der Waals surface area contributed by atoms with E-state index >= 15 is 0 Å². The number of anilines is 1. The summed E-state index contributed by atoms with van der Waals surface area (Å²) in [5.74, 6) is -0.102. The predicted molar refractivity (Wildman–Crippen MR) is 130 cm³/mol. The minimum atomic E-state index is -0.491. The van der Waals surface area contributed by atoms with Gasteiger partial charge in [0, 0.05) is 25.0 Å². The van der Waals surface area contributed by atoms with Crippen LogP contribution in [-0.2, 0) is 25.6 Å². The van der Waals surface area contributed by atoms with Crippen LogP contribution in [-0.4, -0.2) is 60.4 Å². The lowest BCUT2D eigenvalue weighted by atomic mass is 10.2. The van der Waals surface area contributed by atoms with E-state index in [0.717, 1.165) is 17.0 Å². The van der Waals surface area contributed by atoms with Gasteiger partial charge in [0.25, 0.3) is 5.91 Å². The molecule has 3 rings (SSSR count). The van der Waals surface area contributed by atoms with Gasteiger partial charge in [0.05, 0.1) is 26.0 Å². The molecule has 0 atom stereocenters. The van der Waals surface area contributed by atoms with Crippen LogP contribution in [0.1, 0.15) is 23.9 Å². The number of hydrogen-bond donors (Lipinski definition) is 0. The van der Waals surface area contributed by atoms with E-state index < -0.39 is 5.97 Å². The first-order chi connectivity index (χ1) is 15.8. The number of benzene rings is 1. The van der Waals surface area contributed by atoms with Crippen molar-refractivity contribution in [1.82, 2.24) is 9.47 Å². The molecule has 1 amide bonds. The lowest BCUT2D eigenvalue weighted by Crippen LogP contribution is -2.35. The summed E-state index contributed by atoms with van der Waals surface area (Å²) in [5, 5.41) is 0.217. The highest BCUT2D eigenvalue weighted by atomic mass is 32.1. The second kappa shape index (κ2) is 10.6. The van der Waals surface area contributed by atoms with Crippen LogP contribution in [0.4, 0.5) is 5.69 Å². The van der Waals surface area contributed by atoms with E-state index in [-0.39, 0.29) is 17.6 Å². The standard InChI is InChI=1S/C24H29N3O5S/c1-6-32-20-9-7-19(8-10-20)27-23(29)21(26(24(27)33)15-22(28)31-5)14-18-13-16(2)25(17(18)3)11-12-30-4/h7-10,13-14H,6,11-12,15H2,1-5H3/b21-14-. The Kier molecular flexibility index (Phi) is 7.88. The van der Waals surface area contributed by atoms with Gasteiger partial charge < -0.3 is 23.7 Å². The van der Waals surface area contributed by atoms with E-state index in [4.69, 9.17) is 26.4 Å². The fourth-order valence-electron chi connectivity index (χ4n) is 3.76. The van der Waals surface area contributed by atoms with Crippen molar-refractivity contribution in [2.75, 3.05) is 38.9 Å². The quantitative estimate of drug-likeness (QED) is 0.316. The number of carbonyl (C=O) groups excluding carboxylic acids is 2. The molecule has 2 heterocycles. The minimum Gasteiger partial charge on any atom is -0.494 e. The molecule has 0 bridgehead atoms. The van der Waals surface area contributed by atoms with Gasteiger partial charge in [-0.05, 0) is 75.0 Å². The largest absolute Gasteiger partial charge is 0.494 e. The SMILES string of the molecule is CCOc1ccc(N2C(=O)/C(=C/c3cc(C)n(CCOC)c3C)N(CC(=O)OC)C2=S)cc1. The Bertz CT molecular complexity index is 1070. The fraction of sp³-hybridized carbons (Fsp3) is 0.375. The highest BCUT2D eigenvalue weighted by Gasteiger charge is 2.40. The molecule has 1 fully saturated rings. The number of esters is 1. The molecule has 1 aromatic carbocycles. The third kappa shape index (κ3) is 5.09. The summed E-state index contributed by atoms with van der Waals surface area (Å²) < 4.78 is 17.7. The van der Waals surface area contributed by atoms with Crippen LogP contribution >= 0.6 is 12.2 Å². The number of methoxy groups -OCH3 is 2. The predicted octanol–water partition coefficient (Wildman–Crippen LogP) is 3.30. The summed E-state index contributed by atoms with van der Waals surface area (Å²) in [7, 11) is 2.97. The molecule has 33 heavy (non-hydrogen) atoms. The maximum Gasteiger partial charge on any atom is 0.325 e. The summed E-state index contributed by atoms with van der Waals surface area (Å²) >= 11 is 5.62. The molecule has 0 spiro atoms. The molecule has 0 aliphatic carbocycles. The zero-order valence-corrected chi connectivity index (χ0v) is 20.4. The van der Waals surface area contributed by atoms with Crippen molar-refractivity contribution in [3.8, 4) is 5.75 Å². The number of amides is 1. The summed E-state index contributed by atoms with van der Waals surface area (Å²) in [5.41, 5.74) is 3.82. The van der Waals surface area contributed by atoms with Crippen LogP contribution in [0.5, 0.6) is 5.75 Å². The van der Waals surface area contributed by atoms with Gasteiger partial charge in [0.15, 0.2) is 5.11 Å². The van der Waals surface area contributed by atoms with Crippen LogP contribution in [0.3, 0.4) is 0 Å². The van der Waals surface area contributed by atoms with Crippen molar-refractivity contribution in [3.63, 3.8) is 0 Å². The smallest absolute Gasteiger partial charge is 0.325 e. The highest BCUT2D eigenvalue weighted by molar-refractivity contribution is 7.80. The second-order valence-corrected chi connectivity index (χ2v) is 7.88. The van der Waals surface area contributed by atoms with Crippen LogP contribution in [0.2, 0.25) is 0 Å². The molecule has 2 aromatic rings. The van der Waals surface area contributed by atoms with Gasteiger partial charge in [0.1, 0.15) is 18.0 Å². The Morgan fingerprint density at radius 1 is 1.15 bits per heavy atom. The molecule has 0 N–H and O–H groups in total. The zero-order chi connectivity index (χ0) is 24.1. The monoisotopic (exact) mass is 471 g/mol. The van der Waals surface area contributed by atoms with Gasteiger partial charge in [0.2, 0.25) is 0 Å². The van der Waals surface area contributed by atoms with Crippen LogP contribution < -0.4 is 9.64 Å². The molecule has 1 aromatic heterocycles. The molecular formula is C24H29N3O5S. The minimum absolute atomic E-state index is 0.164. The van der Waals surface area contributed by atoms with Gasteiger partial charge in [-0.15, -0.1) is 0 Å². The normalized spacial score (nSPS) is 15.0. The number of aryl methyl sites for hydroxylation is 1. The van der Waals surface area contributed by atoms with E-state index in [9.17, 15) is 9.59 Å². The lowest BCUT2D eigenvalue weighted by Gasteiger charge is -2.19. The molecule has 0 radical (unpaired) electrons. The molecule has 0 unspecified atom stereocenters. The van der Waals surface area contributed by atoms with Gasteiger partial charge in [-0.2, -0.15) is 0 Å². The Morgan fingerprint density at radius 2 is 1.85 bits per heavy atom. The maximum absolute atomic E-state index is 13.5. The van der Waals surface area contributed by atoms with Crippen LogP contribution in [0.25, 0.3) is 6.08 Å². The first kappa shape index (κ1) is 24.5. The zero-order valence-electron chi connectivity index (χ0n) is 19.6. The Hall–Kier alpha value is -3.17. The van der Waals surface area contributed by atoms with Gasteiger partial charge in [-0.3, -0.25) is 14.5 Å². The first-order valence-corrected chi connectivity index (χ1v) is 11.1. The van der Waals surface area contributed by atoms with E-state index in [1.54, 1.807) is 37.5 Å². The third-order valence-corrected chi connectivity index (χ3v) is 5.88. The topological polar surface area (TPSA) is 73.2 Å². The van der Waals surface area contributed by atoms with Gasteiger partial charge in [-0.25, -0.2) is 0 Å². The third-order valence-electron chi connectivity index (χ3n) is 5.48. The van der Waals surface area contributed by atoms with Crippen molar-refractivity contribution < 1.29 is 23.8 Å². The van der Waals surface area contributed by atoms with E-state index in [1.165, 1.54) is 16.9 Å². The number of thiocarbonyl (C=S) groups is 1. The molecule has 176 valence electrons. The lowest BCUT2D eigenvalue weighted by molar-refractivity contribution is -0.140. The molecule has 1 saturated heterocycles. The Balaban J connectivity index is 2.02. The number of nitrogens with zero attached hydrogens (tertiary/aromatic N) is 3. The van der Waals surface area contributed by atoms with Crippen molar-refractivity contribution in [1.29, 1.82) is 0 Å². The van der Waals surface area contributed by atoms with E-state index in [0.29, 0.717) is 36.9 Å². The Labute approximate surface area is 199 Å². The number of ether oxygens (including phenoxy) is 3. The average Bonchev–Trinajstić information content (AvgIpc) is 3.19. The maximum atomic E-state index is 13.5. The van der Waals surface area contributed by atoms with Crippen molar-refractivity contribution >= 4 is 41.0 Å². The van der Waals surface area contributed by atoms with E-state index in [1.807, 2.05) is 26.8 Å². The van der Waals surface area contributed by atoms with Crippen molar-refractivity contribution in [3.05, 3.63) is 53.0 Å².